The first-order chi connectivity index (χ1) is 18.0. The minimum Gasteiger partial charge on any atom is -0.462 e. The molecule has 0 amide bonds. The molecule has 0 spiro atoms. The number of anilines is 1. The number of Topliss-reactive ketones (excluding diaryl/α,β-unsaturated/α-hetero) is 2. The highest BCUT2D eigenvalue weighted by atomic mass is 16.5. The number of allylic oxidation sites excluding steroid dienone is 8. The van der Waals surface area contributed by atoms with Crippen LogP contribution in [0.3, 0.4) is 0 Å². The van der Waals surface area contributed by atoms with Crippen LogP contribution < -0.4 is 9.64 Å². The highest BCUT2D eigenvalue weighted by molar-refractivity contribution is 6.40. The van der Waals surface area contributed by atoms with E-state index in [4.69, 9.17) is 9.47 Å². The van der Waals surface area contributed by atoms with E-state index < -0.39 is 0 Å². The van der Waals surface area contributed by atoms with E-state index in [1.54, 1.807) is 36.4 Å². The molecule has 0 saturated carbocycles. The Kier molecular flexibility index (Phi) is 4.90. The van der Waals surface area contributed by atoms with Crippen LogP contribution in [0.5, 0.6) is 5.75 Å². The van der Waals surface area contributed by atoms with Crippen LogP contribution >= 0.6 is 0 Å². The van der Waals surface area contributed by atoms with E-state index in [0.29, 0.717) is 34.0 Å². The number of aryl methyl sites for hydroxylation is 1. The SMILES string of the molecule is CC1=CC(=C2C(=O)c3ccccc3C2=O)C=C(/C=C2\C=C(C)c3cc4c5c(c3O2)CCCN5CCC4)O1. The van der Waals surface area contributed by atoms with Gasteiger partial charge in [0.05, 0.1) is 5.57 Å². The van der Waals surface area contributed by atoms with Crippen molar-refractivity contribution in [2.45, 2.75) is 39.5 Å². The lowest BCUT2D eigenvalue weighted by atomic mass is 9.86. The van der Waals surface area contributed by atoms with Gasteiger partial charge in [-0.2, -0.15) is 0 Å². The summed E-state index contributed by atoms with van der Waals surface area (Å²) in [5, 5.41) is 0. The molecule has 5 nitrogen and oxygen atoms in total. The molecule has 0 atom stereocenters. The Labute approximate surface area is 216 Å². The second-order valence-electron chi connectivity index (χ2n) is 10.3. The van der Waals surface area contributed by atoms with Gasteiger partial charge < -0.3 is 14.4 Å². The number of rotatable bonds is 1. The Morgan fingerprint density at radius 2 is 1.59 bits per heavy atom. The molecule has 0 aromatic heterocycles. The van der Waals surface area contributed by atoms with Gasteiger partial charge in [0.25, 0.3) is 0 Å². The molecular weight excluding hydrogens is 462 g/mol. The van der Waals surface area contributed by atoms with E-state index in [1.807, 2.05) is 19.1 Å². The van der Waals surface area contributed by atoms with Crippen molar-refractivity contribution >= 4 is 22.8 Å². The lowest BCUT2D eigenvalue weighted by molar-refractivity contribution is 0.0988. The minimum absolute atomic E-state index is 0.192. The number of ether oxygens (including phenoxy) is 2. The van der Waals surface area contributed by atoms with E-state index >= 15 is 0 Å². The molecule has 0 bridgehead atoms. The molecule has 37 heavy (non-hydrogen) atoms. The van der Waals surface area contributed by atoms with Crippen LogP contribution in [0.1, 0.15) is 64.1 Å². The Morgan fingerprint density at radius 1 is 0.865 bits per heavy atom. The van der Waals surface area contributed by atoms with Crippen LogP contribution in [0.15, 0.2) is 83.1 Å². The fraction of sp³-hybridized carbons (Fsp3) is 0.250. The third kappa shape index (κ3) is 3.45. The summed E-state index contributed by atoms with van der Waals surface area (Å²) < 4.78 is 12.5. The summed E-state index contributed by atoms with van der Waals surface area (Å²) in [5.41, 5.74) is 8.13. The summed E-state index contributed by atoms with van der Waals surface area (Å²) in [5.74, 6) is 2.32. The summed E-state index contributed by atoms with van der Waals surface area (Å²) >= 11 is 0. The van der Waals surface area contributed by atoms with Crippen molar-refractivity contribution < 1.29 is 19.1 Å². The standard InChI is InChI=1S/C32H27NO4/c1-18-13-22(37-32-26-10-6-12-33-11-5-7-20(29(26)33)16-27(18)32)17-23-15-21(14-19(2)36-23)28-30(34)24-8-3-4-9-25(24)31(28)35/h3-4,8-9,13-17H,5-7,10-12H2,1-2H3/b22-17+. The summed E-state index contributed by atoms with van der Waals surface area (Å²) in [6.45, 7) is 6.18. The van der Waals surface area contributed by atoms with Gasteiger partial charge in [-0.25, -0.2) is 0 Å². The fourth-order valence-electron chi connectivity index (χ4n) is 6.28. The maximum absolute atomic E-state index is 13.1. The first-order valence-electron chi connectivity index (χ1n) is 13.0. The Hall–Kier alpha value is -4.12. The number of fused-ring (bicyclic) bond motifs is 3. The first kappa shape index (κ1) is 22.1. The molecule has 5 heteroatoms. The zero-order valence-corrected chi connectivity index (χ0v) is 21.0. The number of carbonyl (C=O) groups is 2. The monoisotopic (exact) mass is 489 g/mol. The van der Waals surface area contributed by atoms with Crippen molar-refractivity contribution in [1.29, 1.82) is 0 Å². The summed E-state index contributed by atoms with van der Waals surface area (Å²) in [4.78, 5) is 28.7. The van der Waals surface area contributed by atoms with Crippen LogP contribution in [0, 0.1) is 0 Å². The molecule has 0 radical (unpaired) electrons. The highest BCUT2D eigenvalue weighted by Gasteiger charge is 2.35. The minimum atomic E-state index is -0.239. The summed E-state index contributed by atoms with van der Waals surface area (Å²) in [6.07, 6.45) is 11.9. The van der Waals surface area contributed by atoms with Gasteiger partial charge in [-0.3, -0.25) is 9.59 Å². The smallest absolute Gasteiger partial charge is 0.198 e. The molecule has 0 unspecified atom stereocenters. The van der Waals surface area contributed by atoms with Gasteiger partial charge in [0.2, 0.25) is 0 Å². The number of hydrogen-bond donors (Lipinski definition) is 0. The zero-order valence-electron chi connectivity index (χ0n) is 21.0. The molecule has 7 rings (SSSR count). The van der Waals surface area contributed by atoms with E-state index in [2.05, 4.69) is 17.9 Å². The van der Waals surface area contributed by atoms with Crippen LogP contribution in [-0.4, -0.2) is 24.7 Å². The highest BCUT2D eigenvalue weighted by Crippen LogP contribution is 2.47. The topological polar surface area (TPSA) is 55.8 Å². The zero-order chi connectivity index (χ0) is 25.3. The van der Waals surface area contributed by atoms with Crippen LogP contribution in [0.2, 0.25) is 0 Å². The van der Waals surface area contributed by atoms with Crippen LogP contribution in [0.4, 0.5) is 5.69 Å². The number of nitrogens with zero attached hydrogens (tertiary/aromatic N) is 1. The van der Waals surface area contributed by atoms with Gasteiger partial charge in [0.15, 0.2) is 11.6 Å². The molecule has 2 aromatic carbocycles. The van der Waals surface area contributed by atoms with E-state index in [9.17, 15) is 9.59 Å². The summed E-state index contributed by atoms with van der Waals surface area (Å²) in [6, 6.07) is 9.29. The van der Waals surface area contributed by atoms with Crippen molar-refractivity contribution in [3.63, 3.8) is 0 Å². The Balaban J connectivity index is 1.29. The Bertz CT molecular complexity index is 1540. The van der Waals surface area contributed by atoms with Gasteiger partial charge in [-0.15, -0.1) is 0 Å². The maximum atomic E-state index is 13.1. The molecule has 0 fully saturated rings. The normalized spacial score (nSPS) is 21.0. The van der Waals surface area contributed by atoms with Crippen molar-refractivity contribution in [1.82, 2.24) is 0 Å². The molecule has 1 aliphatic carbocycles. The molecule has 0 saturated heterocycles. The van der Waals surface area contributed by atoms with Gasteiger partial charge in [-0.1, -0.05) is 24.3 Å². The number of carbonyl (C=O) groups excluding carboxylic acids is 2. The predicted molar refractivity (Wildman–Crippen MR) is 143 cm³/mol. The second kappa shape index (κ2) is 8.20. The van der Waals surface area contributed by atoms with Gasteiger partial charge in [0, 0.05) is 47.1 Å². The van der Waals surface area contributed by atoms with Crippen LogP contribution in [-0.2, 0) is 17.6 Å². The lowest BCUT2D eigenvalue weighted by Crippen LogP contribution is -2.35. The molecule has 0 N–H and O–H groups in total. The number of hydrogen-bond acceptors (Lipinski definition) is 5. The average molecular weight is 490 g/mol. The van der Waals surface area contributed by atoms with Gasteiger partial charge in [0.1, 0.15) is 23.0 Å². The molecule has 184 valence electrons. The largest absolute Gasteiger partial charge is 0.462 e. The van der Waals surface area contributed by atoms with E-state index in [0.717, 1.165) is 43.7 Å². The molecule has 4 heterocycles. The van der Waals surface area contributed by atoms with Crippen molar-refractivity contribution in [3.8, 4) is 5.75 Å². The average Bonchev–Trinajstić information content (AvgIpc) is 3.14. The summed E-state index contributed by atoms with van der Waals surface area (Å²) in [7, 11) is 0. The number of ketones is 2. The molecule has 2 aromatic rings. The third-order valence-corrected chi connectivity index (χ3v) is 7.85. The van der Waals surface area contributed by atoms with E-state index in [-0.39, 0.29) is 17.1 Å². The van der Waals surface area contributed by atoms with Crippen molar-refractivity contribution in [2.75, 3.05) is 18.0 Å². The fourth-order valence-corrected chi connectivity index (χ4v) is 6.28. The first-order valence-corrected chi connectivity index (χ1v) is 13.0. The molecular formula is C32H27NO4. The number of benzene rings is 2. The van der Waals surface area contributed by atoms with Crippen molar-refractivity contribution in [2.24, 2.45) is 0 Å². The lowest BCUT2D eigenvalue weighted by Gasteiger charge is -2.39. The van der Waals surface area contributed by atoms with E-state index in [1.165, 1.54) is 28.8 Å². The molecule has 5 aliphatic rings. The maximum Gasteiger partial charge on any atom is 0.198 e. The van der Waals surface area contributed by atoms with Gasteiger partial charge >= 0.3 is 0 Å². The quantitative estimate of drug-likeness (QED) is 0.350. The molecule has 4 aliphatic heterocycles. The van der Waals surface area contributed by atoms with Crippen LogP contribution in [0.25, 0.3) is 5.57 Å². The van der Waals surface area contributed by atoms with Gasteiger partial charge in [-0.05, 0) is 80.5 Å². The second-order valence-corrected chi connectivity index (χ2v) is 10.3. The predicted octanol–water partition coefficient (Wildman–Crippen LogP) is 6.26. The van der Waals surface area contributed by atoms with Crippen molar-refractivity contribution in [3.05, 3.63) is 111 Å². The third-order valence-electron chi connectivity index (χ3n) is 7.85. The Morgan fingerprint density at radius 3 is 2.35 bits per heavy atom.